The number of ether oxygens (including phenoxy) is 4. The van der Waals surface area contributed by atoms with E-state index in [1.807, 2.05) is 0 Å². The van der Waals surface area contributed by atoms with Crippen molar-refractivity contribution in [2.75, 3.05) is 19.7 Å². The van der Waals surface area contributed by atoms with Gasteiger partial charge in [0.05, 0.1) is 5.92 Å². The van der Waals surface area contributed by atoms with Crippen LogP contribution in [0.25, 0.3) is 0 Å². The molecule has 0 saturated carbocycles. The van der Waals surface area contributed by atoms with Crippen molar-refractivity contribution in [1.82, 2.24) is 4.90 Å². The minimum atomic E-state index is -1.19. The zero-order valence-electron chi connectivity index (χ0n) is 18.6. The molecule has 0 radical (unpaired) electrons. The Bertz CT molecular complexity index is 795. The lowest BCUT2D eigenvalue weighted by Gasteiger charge is -2.32. The Labute approximate surface area is 180 Å². The SMILES string of the molecule is CC(=O)OC[C@@H](OC(C)=O)[C@@H](OC(C)=O)[C@@H]1C(=O)C=C2CN(C(=O)OC(C)(C)C)C[C@H]21. The first-order chi connectivity index (χ1) is 14.3. The molecule has 31 heavy (non-hydrogen) atoms. The summed E-state index contributed by atoms with van der Waals surface area (Å²) in [6, 6.07) is 0. The summed E-state index contributed by atoms with van der Waals surface area (Å²) in [4.78, 5) is 61.4. The normalized spacial score (nSPS) is 22.2. The number of rotatable bonds is 6. The molecular weight excluding hydrogens is 410 g/mol. The minimum absolute atomic E-state index is 0.176. The average molecular weight is 439 g/mol. The number of amides is 1. The summed E-state index contributed by atoms with van der Waals surface area (Å²) in [7, 11) is 0. The zero-order valence-corrected chi connectivity index (χ0v) is 18.6. The van der Waals surface area contributed by atoms with Gasteiger partial charge in [-0.2, -0.15) is 0 Å². The number of esters is 3. The fourth-order valence-electron chi connectivity index (χ4n) is 3.77. The molecule has 0 unspecified atom stereocenters. The molecule has 10 nitrogen and oxygen atoms in total. The Kier molecular flexibility index (Phi) is 7.45. The highest BCUT2D eigenvalue weighted by Crippen LogP contribution is 2.40. The molecule has 10 heteroatoms. The molecule has 0 N–H and O–H groups in total. The van der Waals surface area contributed by atoms with E-state index in [2.05, 4.69) is 0 Å². The van der Waals surface area contributed by atoms with Crippen molar-refractivity contribution in [3.05, 3.63) is 11.6 Å². The fraction of sp³-hybridized carbons (Fsp3) is 0.667. The molecule has 0 aromatic rings. The third-order valence-corrected chi connectivity index (χ3v) is 4.80. The molecular formula is C21H29NO9. The van der Waals surface area contributed by atoms with Crippen molar-refractivity contribution in [2.45, 2.75) is 59.4 Å². The van der Waals surface area contributed by atoms with Gasteiger partial charge in [-0.3, -0.25) is 19.2 Å². The number of carbonyl (C=O) groups is 5. The number of nitrogens with zero attached hydrogens (tertiary/aromatic N) is 1. The molecule has 1 fully saturated rings. The summed E-state index contributed by atoms with van der Waals surface area (Å²) in [5.74, 6) is -3.64. The summed E-state index contributed by atoms with van der Waals surface area (Å²) in [5, 5.41) is 0. The molecule has 1 amide bonds. The second kappa shape index (κ2) is 9.49. The lowest BCUT2D eigenvalue weighted by Crippen LogP contribution is -2.47. The van der Waals surface area contributed by atoms with Gasteiger partial charge in [-0.25, -0.2) is 4.79 Å². The van der Waals surface area contributed by atoms with Gasteiger partial charge in [0.25, 0.3) is 0 Å². The standard InChI is InChI=1S/C21H29NO9/c1-11(23)28-10-17(29-12(2)24)19(30-13(3)25)18-15-9-22(8-14(15)7-16(18)26)20(27)31-21(4,5)6/h7,15,17-19H,8-10H2,1-6H3/t15-,17-,18+,19-/m1/s1. The van der Waals surface area contributed by atoms with Crippen molar-refractivity contribution in [3.8, 4) is 0 Å². The number of likely N-dealkylation sites (tertiary alicyclic amines) is 1. The topological polar surface area (TPSA) is 126 Å². The maximum Gasteiger partial charge on any atom is 0.410 e. The first-order valence-corrected chi connectivity index (χ1v) is 9.98. The molecule has 2 rings (SSSR count). The number of carbonyl (C=O) groups excluding carboxylic acids is 5. The fourth-order valence-corrected chi connectivity index (χ4v) is 3.77. The van der Waals surface area contributed by atoms with E-state index in [-0.39, 0.29) is 25.5 Å². The van der Waals surface area contributed by atoms with E-state index in [0.29, 0.717) is 5.57 Å². The number of hydrogen-bond donors (Lipinski definition) is 0. The van der Waals surface area contributed by atoms with Gasteiger partial charge in [0, 0.05) is 39.8 Å². The molecule has 0 aromatic carbocycles. The van der Waals surface area contributed by atoms with Crippen LogP contribution in [-0.4, -0.2) is 72.2 Å². The number of allylic oxidation sites excluding steroid dienone is 1. The van der Waals surface area contributed by atoms with E-state index >= 15 is 0 Å². The molecule has 0 spiro atoms. The van der Waals surface area contributed by atoms with Gasteiger partial charge < -0.3 is 23.8 Å². The van der Waals surface area contributed by atoms with E-state index in [1.165, 1.54) is 24.8 Å². The Morgan fingerprint density at radius 2 is 1.68 bits per heavy atom. The third kappa shape index (κ3) is 6.53. The van der Waals surface area contributed by atoms with Gasteiger partial charge in [0.1, 0.15) is 12.2 Å². The lowest BCUT2D eigenvalue weighted by atomic mass is 9.85. The second-order valence-corrected chi connectivity index (χ2v) is 8.64. The third-order valence-electron chi connectivity index (χ3n) is 4.80. The van der Waals surface area contributed by atoms with Gasteiger partial charge in [0.15, 0.2) is 18.0 Å². The molecule has 0 bridgehead atoms. The Morgan fingerprint density at radius 1 is 1.06 bits per heavy atom. The van der Waals surface area contributed by atoms with Crippen LogP contribution in [0, 0.1) is 11.8 Å². The van der Waals surface area contributed by atoms with Crippen molar-refractivity contribution >= 4 is 29.8 Å². The van der Waals surface area contributed by atoms with Crippen molar-refractivity contribution < 1.29 is 42.9 Å². The largest absolute Gasteiger partial charge is 0.462 e. The maximum atomic E-state index is 12.8. The smallest absolute Gasteiger partial charge is 0.410 e. The predicted molar refractivity (Wildman–Crippen MR) is 106 cm³/mol. The molecule has 0 aromatic heterocycles. The van der Waals surface area contributed by atoms with E-state index in [4.69, 9.17) is 18.9 Å². The average Bonchev–Trinajstić information content (AvgIpc) is 3.11. The highest BCUT2D eigenvalue weighted by atomic mass is 16.6. The van der Waals surface area contributed by atoms with E-state index < -0.39 is 53.6 Å². The van der Waals surface area contributed by atoms with Gasteiger partial charge in [0.2, 0.25) is 0 Å². The van der Waals surface area contributed by atoms with E-state index in [0.717, 1.165) is 6.92 Å². The minimum Gasteiger partial charge on any atom is -0.462 e. The Balaban J connectivity index is 2.28. The van der Waals surface area contributed by atoms with E-state index in [9.17, 15) is 24.0 Å². The zero-order chi connectivity index (χ0) is 23.5. The summed E-state index contributed by atoms with van der Waals surface area (Å²) in [5.41, 5.74) is 0.0235. The molecule has 172 valence electrons. The number of hydrogen-bond acceptors (Lipinski definition) is 9. The van der Waals surface area contributed by atoms with Crippen LogP contribution in [0.5, 0.6) is 0 Å². The summed E-state index contributed by atoms with van der Waals surface area (Å²) < 4.78 is 21.0. The summed E-state index contributed by atoms with van der Waals surface area (Å²) in [6.45, 7) is 8.77. The Hall–Kier alpha value is -2.91. The summed E-state index contributed by atoms with van der Waals surface area (Å²) in [6.07, 6.45) is -1.46. The van der Waals surface area contributed by atoms with Gasteiger partial charge in [-0.15, -0.1) is 0 Å². The van der Waals surface area contributed by atoms with Gasteiger partial charge in [-0.1, -0.05) is 0 Å². The van der Waals surface area contributed by atoms with Crippen LogP contribution in [0.2, 0.25) is 0 Å². The monoisotopic (exact) mass is 439 g/mol. The van der Waals surface area contributed by atoms with Crippen LogP contribution in [0.1, 0.15) is 41.5 Å². The maximum absolute atomic E-state index is 12.8. The second-order valence-electron chi connectivity index (χ2n) is 8.64. The van der Waals surface area contributed by atoms with Crippen LogP contribution >= 0.6 is 0 Å². The molecule has 1 saturated heterocycles. The highest BCUT2D eigenvalue weighted by molar-refractivity contribution is 5.97. The van der Waals surface area contributed by atoms with Crippen LogP contribution in [-0.2, 0) is 38.1 Å². The first kappa shape index (κ1) is 24.4. The lowest BCUT2D eigenvalue weighted by molar-refractivity contribution is -0.179. The van der Waals surface area contributed by atoms with Crippen molar-refractivity contribution in [2.24, 2.45) is 11.8 Å². The van der Waals surface area contributed by atoms with Crippen LogP contribution in [0.15, 0.2) is 11.6 Å². The Morgan fingerprint density at radius 3 is 2.19 bits per heavy atom. The van der Waals surface area contributed by atoms with Crippen LogP contribution in [0.4, 0.5) is 4.79 Å². The first-order valence-electron chi connectivity index (χ1n) is 9.98. The number of ketones is 1. The highest BCUT2D eigenvalue weighted by Gasteiger charge is 2.51. The van der Waals surface area contributed by atoms with Gasteiger partial charge >= 0.3 is 24.0 Å². The summed E-state index contributed by atoms with van der Waals surface area (Å²) >= 11 is 0. The molecule has 1 aliphatic carbocycles. The number of fused-ring (bicyclic) bond motifs is 1. The molecule has 4 atom stereocenters. The van der Waals surface area contributed by atoms with Crippen LogP contribution in [0.3, 0.4) is 0 Å². The molecule has 1 aliphatic heterocycles. The van der Waals surface area contributed by atoms with Crippen molar-refractivity contribution in [1.29, 1.82) is 0 Å². The van der Waals surface area contributed by atoms with Gasteiger partial charge in [-0.05, 0) is 32.4 Å². The van der Waals surface area contributed by atoms with Crippen molar-refractivity contribution in [3.63, 3.8) is 0 Å². The molecule has 1 heterocycles. The molecule has 2 aliphatic rings. The quantitative estimate of drug-likeness (QED) is 0.446. The predicted octanol–water partition coefficient (Wildman–Crippen LogP) is 1.41. The van der Waals surface area contributed by atoms with E-state index in [1.54, 1.807) is 20.8 Å². The van der Waals surface area contributed by atoms with Crippen LogP contribution < -0.4 is 0 Å².